The van der Waals surface area contributed by atoms with Gasteiger partial charge < -0.3 is 14.6 Å². The molecule has 0 unspecified atom stereocenters. The van der Waals surface area contributed by atoms with Crippen molar-refractivity contribution < 1.29 is 9.53 Å². The number of aromatic nitrogens is 3. The van der Waals surface area contributed by atoms with E-state index < -0.39 is 0 Å². The summed E-state index contributed by atoms with van der Waals surface area (Å²) in [6.07, 6.45) is 0. The van der Waals surface area contributed by atoms with Crippen molar-refractivity contribution in [2.75, 3.05) is 24.8 Å². The van der Waals surface area contributed by atoms with Gasteiger partial charge in [-0.05, 0) is 24.6 Å². The van der Waals surface area contributed by atoms with Crippen LogP contribution < -0.4 is 5.32 Å². The monoisotopic (exact) mass is 382 g/mol. The lowest BCUT2D eigenvalue weighted by molar-refractivity contribution is -0.113. The number of anilines is 1. The molecule has 0 atom stereocenters. The highest BCUT2D eigenvalue weighted by atomic mass is 35.5. The lowest BCUT2D eigenvalue weighted by Gasteiger charge is -2.11. The van der Waals surface area contributed by atoms with Gasteiger partial charge in [-0.1, -0.05) is 43.3 Å². The second-order valence-electron chi connectivity index (χ2n) is 5.94. The fourth-order valence-electron chi connectivity index (χ4n) is 2.22. The first-order valence-electron chi connectivity index (χ1n) is 8.03. The van der Waals surface area contributed by atoms with Crippen LogP contribution >= 0.6 is 23.4 Å². The number of carbonyl (C=O) groups excluding carboxylic acids is 1. The maximum atomic E-state index is 12.2. The average molecular weight is 383 g/mol. The van der Waals surface area contributed by atoms with Crippen molar-refractivity contribution in [2.24, 2.45) is 0 Å². The van der Waals surface area contributed by atoms with E-state index in [1.165, 1.54) is 11.8 Å². The molecule has 6 nitrogen and oxygen atoms in total. The highest BCUT2D eigenvalue weighted by molar-refractivity contribution is 7.99. The van der Waals surface area contributed by atoms with Crippen LogP contribution in [-0.4, -0.2) is 40.1 Å². The molecule has 0 saturated heterocycles. The molecule has 0 bridgehead atoms. The molecule has 0 saturated carbocycles. The predicted octanol–water partition coefficient (Wildman–Crippen LogP) is 3.74. The highest BCUT2D eigenvalue weighted by Crippen LogP contribution is 2.23. The second kappa shape index (κ2) is 9.22. The molecule has 1 heterocycles. The summed E-state index contributed by atoms with van der Waals surface area (Å²) in [6.45, 7) is 7.28. The quantitative estimate of drug-likeness (QED) is 0.704. The van der Waals surface area contributed by atoms with Gasteiger partial charge >= 0.3 is 0 Å². The first kappa shape index (κ1) is 19.8. The number of methoxy groups -OCH3 is 1. The molecule has 1 amide bonds. The van der Waals surface area contributed by atoms with E-state index in [-0.39, 0.29) is 17.6 Å². The number of halogens is 1. The van der Waals surface area contributed by atoms with E-state index in [1.807, 2.05) is 23.6 Å². The topological polar surface area (TPSA) is 69.0 Å². The Labute approximate surface area is 157 Å². The summed E-state index contributed by atoms with van der Waals surface area (Å²) in [5.74, 6) is 1.28. The van der Waals surface area contributed by atoms with Gasteiger partial charge in [-0.2, -0.15) is 0 Å². The Morgan fingerprint density at radius 3 is 2.80 bits per heavy atom. The van der Waals surface area contributed by atoms with Crippen LogP contribution in [-0.2, 0) is 16.1 Å². The molecule has 0 fully saturated rings. The first-order chi connectivity index (χ1) is 11.9. The van der Waals surface area contributed by atoms with Gasteiger partial charge in [0.05, 0.1) is 12.4 Å². The number of aryl methyl sites for hydroxylation is 1. The maximum Gasteiger partial charge on any atom is 0.234 e. The van der Waals surface area contributed by atoms with E-state index in [0.717, 1.165) is 16.5 Å². The summed E-state index contributed by atoms with van der Waals surface area (Å²) in [4.78, 5) is 12.2. The molecule has 0 radical (unpaired) electrons. The minimum absolute atomic E-state index is 0.114. The summed E-state index contributed by atoms with van der Waals surface area (Å²) in [7, 11) is 1.66. The van der Waals surface area contributed by atoms with Crippen LogP contribution in [0.1, 0.15) is 31.2 Å². The first-order valence-corrected chi connectivity index (χ1v) is 9.39. The van der Waals surface area contributed by atoms with Gasteiger partial charge in [0, 0.05) is 30.3 Å². The van der Waals surface area contributed by atoms with Crippen molar-refractivity contribution in [1.82, 2.24) is 14.8 Å². The zero-order valence-corrected chi connectivity index (χ0v) is 16.4. The third-order valence-corrected chi connectivity index (χ3v) is 4.94. The Morgan fingerprint density at radius 2 is 2.16 bits per heavy atom. The van der Waals surface area contributed by atoms with Crippen molar-refractivity contribution in [3.63, 3.8) is 0 Å². The number of nitrogens with zero attached hydrogens (tertiary/aromatic N) is 3. The summed E-state index contributed by atoms with van der Waals surface area (Å²) < 4.78 is 7.16. The molecule has 0 spiro atoms. The summed E-state index contributed by atoms with van der Waals surface area (Å²) >= 11 is 7.44. The Balaban J connectivity index is 2.00. The third-order valence-electron chi connectivity index (χ3n) is 3.57. The number of hydrogen-bond donors (Lipinski definition) is 1. The van der Waals surface area contributed by atoms with E-state index >= 15 is 0 Å². The Morgan fingerprint density at radius 1 is 1.40 bits per heavy atom. The Hall–Kier alpha value is -1.57. The number of benzene rings is 1. The summed E-state index contributed by atoms with van der Waals surface area (Å²) in [5, 5.41) is 12.7. The van der Waals surface area contributed by atoms with E-state index in [2.05, 4.69) is 29.4 Å². The third kappa shape index (κ3) is 5.45. The molecule has 0 aliphatic carbocycles. The molecule has 0 aliphatic rings. The fraction of sp³-hybridized carbons (Fsp3) is 0.471. The van der Waals surface area contributed by atoms with Crippen LogP contribution in [0.2, 0.25) is 5.02 Å². The summed E-state index contributed by atoms with van der Waals surface area (Å²) in [6, 6.07) is 5.46. The smallest absolute Gasteiger partial charge is 0.234 e. The van der Waals surface area contributed by atoms with Crippen molar-refractivity contribution in [2.45, 2.75) is 38.4 Å². The van der Waals surface area contributed by atoms with Gasteiger partial charge in [-0.15, -0.1) is 10.2 Å². The van der Waals surface area contributed by atoms with Gasteiger partial charge in [0.15, 0.2) is 5.16 Å². The molecule has 2 aromatic rings. The number of thioether (sulfide) groups is 1. The Bertz CT molecular complexity index is 733. The minimum atomic E-state index is -0.114. The lowest BCUT2D eigenvalue weighted by Crippen LogP contribution is -2.15. The van der Waals surface area contributed by atoms with E-state index in [0.29, 0.717) is 23.9 Å². The molecular weight excluding hydrogens is 360 g/mol. The summed E-state index contributed by atoms with van der Waals surface area (Å²) in [5.41, 5.74) is 1.66. The van der Waals surface area contributed by atoms with Crippen molar-refractivity contribution in [3.05, 3.63) is 34.6 Å². The van der Waals surface area contributed by atoms with Crippen molar-refractivity contribution in [3.8, 4) is 0 Å². The predicted molar refractivity (Wildman–Crippen MR) is 102 cm³/mol. The van der Waals surface area contributed by atoms with E-state index in [4.69, 9.17) is 16.3 Å². The van der Waals surface area contributed by atoms with Gasteiger partial charge in [0.1, 0.15) is 5.82 Å². The van der Waals surface area contributed by atoms with Crippen LogP contribution in [0.5, 0.6) is 0 Å². The molecule has 1 aromatic heterocycles. The van der Waals surface area contributed by atoms with Crippen LogP contribution in [0, 0.1) is 6.92 Å². The zero-order chi connectivity index (χ0) is 18.4. The minimum Gasteiger partial charge on any atom is -0.383 e. The number of amides is 1. The zero-order valence-electron chi connectivity index (χ0n) is 14.9. The van der Waals surface area contributed by atoms with Gasteiger partial charge in [-0.25, -0.2) is 0 Å². The van der Waals surface area contributed by atoms with Crippen LogP contribution in [0.3, 0.4) is 0 Å². The molecule has 136 valence electrons. The Kier molecular flexibility index (Phi) is 7.28. The molecule has 8 heteroatoms. The maximum absolute atomic E-state index is 12.2. The average Bonchev–Trinajstić information content (AvgIpc) is 2.97. The van der Waals surface area contributed by atoms with Crippen molar-refractivity contribution in [1.29, 1.82) is 0 Å². The molecule has 1 aromatic carbocycles. The van der Waals surface area contributed by atoms with Crippen LogP contribution in [0.15, 0.2) is 23.4 Å². The highest BCUT2D eigenvalue weighted by Gasteiger charge is 2.16. The fourth-order valence-corrected chi connectivity index (χ4v) is 3.18. The second-order valence-corrected chi connectivity index (χ2v) is 7.29. The standard InChI is InChI=1S/C17H23ClN4O2S/c1-11(2)16-20-21-17(22(16)7-8-24-4)25-10-15(23)19-13-6-5-12(3)14(18)9-13/h5-6,9,11H,7-8,10H2,1-4H3,(H,19,23). The van der Waals surface area contributed by atoms with E-state index in [1.54, 1.807) is 13.2 Å². The number of carbonyl (C=O) groups is 1. The van der Waals surface area contributed by atoms with Crippen LogP contribution in [0.25, 0.3) is 0 Å². The number of nitrogens with one attached hydrogen (secondary N) is 1. The van der Waals surface area contributed by atoms with Gasteiger partial charge in [0.25, 0.3) is 0 Å². The van der Waals surface area contributed by atoms with Gasteiger partial charge in [-0.3, -0.25) is 4.79 Å². The normalized spacial score (nSPS) is 11.1. The molecule has 25 heavy (non-hydrogen) atoms. The van der Waals surface area contributed by atoms with E-state index in [9.17, 15) is 4.79 Å². The van der Waals surface area contributed by atoms with Gasteiger partial charge in [0.2, 0.25) is 5.91 Å². The lowest BCUT2D eigenvalue weighted by atomic mass is 10.2. The number of hydrogen-bond acceptors (Lipinski definition) is 5. The number of rotatable bonds is 8. The molecule has 0 aliphatic heterocycles. The molecule has 1 N–H and O–H groups in total. The SMILES string of the molecule is COCCn1c(SCC(=O)Nc2ccc(C)c(Cl)c2)nnc1C(C)C. The van der Waals surface area contributed by atoms with Crippen LogP contribution in [0.4, 0.5) is 5.69 Å². The molecular formula is C17H23ClN4O2S. The number of ether oxygens (including phenoxy) is 1. The molecule has 2 rings (SSSR count). The largest absolute Gasteiger partial charge is 0.383 e. The van der Waals surface area contributed by atoms with Crippen molar-refractivity contribution >= 4 is 35.0 Å².